The molecule has 0 unspecified atom stereocenters. The van der Waals surface area contributed by atoms with E-state index in [-0.39, 0.29) is 0 Å². The Balaban J connectivity index is 0.000000470. The molecule has 0 bridgehead atoms. The van der Waals surface area contributed by atoms with Gasteiger partial charge in [-0.2, -0.15) is 0 Å². The molecule has 60 heavy (non-hydrogen) atoms. The van der Waals surface area contributed by atoms with E-state index in [9.17, 15) is 0 Å². The van der Waals surface area contributed by atoms with Gasteiger partial charge in [-0.25, -0.2) is 0 Å². The molecule has 11 rings (SSSR count). The second-order valence-corrected chi connectivity index (χ2v) is 15.8. The van der Waals surface area contributed by atoms with Crippen LogP contribution in [0.5, 0.6) is 0 Å². The van der Waals surface area contributed by atoms with Crippen molar-refractivity contribution >= 4 is 98.4 Å². The van der Waals surface area contributed by atoms with Crippen molar-refractivity contribution in [3.8, 4) is 33.6 Å². The summed E-state index contributed by atoms with van der Waals surface area (Å²) in [5, 5.41) is 7.68. The highest BCUT2D eigenvalue weighted by atomic mass is 33.1. The molecular formula is C55H44N2S3. The zero-order valence-electron chi connectivity index (χ0n) is 33.4. The molecule has 11 aromatic rings. The second kappa shape index (κ2) is 17.5. The molecule has 0 aliphatic carbocycles. The third-order valence-corrected chi connectivity index (χ3v) is 12.5. The Morgan fingerprint density at radius 2 is 1.00 bits per heavy atom. The van der Waals surface area contributed by atoms with Crippen LogP contribution in [0.25, 0.3) is 97.4 Å². The van der Waals surface area contributed by atoms with Gasteiger partial charge in [-0.05, 0) is 103 Å². The van der Waals surface area contributed by atoms with Gasteiger partial charge >= 0.3 is 0 Å². The predicted molar refractivity (Wildman–Crippen MR) is 271 cm³/mol. The van der Waals surface area contributed by atoms with Crippen LogP contribution in [0.2, 0.25) is 0 Å². The number of aromatic nitrogens is 2. The maximum Gasteiger partial charge on any atom is 0.0640 e. The van der Waals surface area contributed by atoms with Gasteiger partial charge in [0.1, 0.15) is 0 Å². The molecule has 0 aliphatic rings. The van der Waals surface area contributed by atoms with Crippen LogP contribution in [-0.4, -0.2) is 9.13 Å². The van der Waals surface area contributed by atoms with Crippen LogP contribution in [0.3, 0.4) is 0 Å². The zero-order chi connectivity index (χ0) is 41.0. The summed E-state index contributed by atoms with van der Waals surface area (Å²) < 4.78 is 7.48. The minimum Gasteiger partial charge on any atom is -0.309 e. The lowest BCUT2D eigenvalue weighted by Crippen LogP contribution is -1.94. The van der Waals surface area contributed by atoms with Crippen molar-refractivity contribution in [3.63, 3.8) is 0 Å². The Labute approximate surface area is 365 Å². The molecule has 5 heteroatoms. The molecule has 0 radical (unpaired) electrons. The number of benzene rings is 8. The van der Waals surface area contributed by atoms with E-state index in [0.29, 0.717) is 0 Å². The number of unbranched alkanes of at least 4 members (excludes halogenated alkanes) is 1. The van der Waals surface area contributed by atoms with Crippen molar-refractivity contribution in [1.29, 1.82) is 0 Å². The summed E-state index contributed by atoms with van der Waals surface area (Å²) in [6.45, 7) is 5.63. The number of para-hydroxylation sites is 3. The van der Waals surface area contributed by atoms with Crippen LogP contribution in [0, 0.1) is 0 Å². The number of nitrogens with zero attached hydrogens (tertiary/aromatic N) is 2. The number of thiol groups is 2. The summed E-state index contributed by atoms with van der Waals surface area (Å²) in [7, 11) is 0. The number of fused-ring (bicyclic) bond motifs is 9. The second-order valence-electron chi connectivity index (χ2n) is 14.8. The fraction of sp³-hybridized carbons (Fsp3) is 0.0545. The smallest absolute Gasteiger partial charge is 0.0640 e. The van der Waals surface area contributed by atoms with Crippen LogP contribution in [0.15, 0.2) is 207 Å². The number of allylic oxidation sites excluding steroid dienone is 3. The Kier molecular flexibility index (Phi) is 11.5. The molecule has 2 nitrogen and oxygen atoms in total. The molecule has 0 atom stereocenters. The van der Waals surface area contributed by atoms with Gasteiger partial charge in [0, 0.05) is 42.7 Å². The lowest BCUT2D eigenvalue weighted by atomic mass is 10.0. The number of thiophene rings is 1. The Hall–Kier alpha value is -6.24. The van der Waals surface area contributed by atoms with E-state index in [4.69, 9.17) is 0 Å². The van der Waals surface area contributed by atoms with Crippen LogP contribution in [-0.2, 0) is 0 Å². The largest absolute Gasteiger partial charge is 0.309 e. The molecule has 0 aliphatic heterocycles. The van der Waals surface area contributed by atoms with Gasteiger partial charge in [0.25, 0.3) is 0 Å². The van der Waals surface area contributed by atoms with Crippen LogP contribution < -0.4 is 0 Å². The normalized spacial score (nSPS) is 11.4. The fourth-order valence-corrected chi connectivity index (χ4v) is 9.77. The van der Waals surface area contributed by atoms with Crippen molar-refractivity contribution in [2.45, 2.75) is 19.8 Å². The number of hydrogen-bond acceptors (Lipinski definition) is 3. The van der Waals surface area contributed by atoms with Crippen LogP contribution >= 0.6 is 34.7 Å². The first-order chi connectivity index (χ1) is 29.7. The molecule has 292 valence electrons. The molecular weight excluding hydrogens is 785 g/mol. The Morgan fingerprint density at radius 3 is 1.70 bits per heavy atom. The molecule has 8 aromatic carbocycles. The average Bonchev–Trinajstić information content (AvgIpc) is 3.98. The minimum absolute atomic E-state index is 1.10. The summed E-state index contributed by atoms with van der Waals surface area (Å²) in [6.07, 6.45) is 8.37. The first-order valence-corrected chi connectivity index (χ1v) is 22.7. The van der Waals surface area contributed by atoms with Gasteiger partial charge in [-0.3, -0.25) is 0 Å². The maximum atomic E-state index is 3.60. The van der Waals surface area contributed by atoms with E-state index in [1.54, 1.807) is 0 Å². The zero-order valence-corrected chi connectivity index (χ0v) is 36.0. The van der Waals surface area contributed by atoms with Crippen molar-refractivity contribution in [2.75, 3.05) is 0 Å². The van der Waals surface area contributed by atoms with E-state index in [2.05, 4.69) is 233 Å². The fourth-order valence-electron chi connectivity index (χ4n) is 8.59. The van der Waals surface area contributed by atoms with Crippen molar-refractivity contribution < 1.29 is 0 Å². The van der Waals surface area contributed by atoms with Crippen molar-refractivity contribution in [1.82, 2.24) is 9.13 Å². The molecule has 0 amide bonds. The summed E-state index contributed by atoms with van der Waals surface area (Å²) >= 11 is 8.33. The van der Waals surface area contributed by atoms with E-state index in [1.807, 2.05) is 24.3 Å². The Bertz CT molecular complexity index is 3270. The summed E-state index contributed by atoms with van der Waals surface area (Å²) in [5.41, 5.74) is 12.2. The average molecular weight is 829 g/mol. The maximum absolute atomic E-state index is 3.60. The summed E-state index contributed by atoms with van der Waals surface area (Å²) in [5.74, 6) is 0. The first kappa shape index (κ1) is 39.2. The molecule has 0 saturated carbocycles. The monoisotopic (exact) mass is 828 g/mol. The summed E-state index contributed by atoms with van der Waals surface area (Å²) in [4.78, 5) is 0. The topological polar surface area (TPSA) is 9.86 Å². The van der Waals surface area contributed by atoms with Crippen LogP contribution in [0.1, 0.15) is 19.8 Å². The van der Waals surface area contributed by atoms with Gasteiger partial charge in [0.2, 0.25) is 0 Å². The van der Waals surface area contributed by atoms with E-state index in [1.165, 1.54) is 97.4 Å². The predicted octanol–water partition coefficient (Wildman–Crippen LogP) is 16.9. The highest BCUT2D eigenvalue weighted by Crippen LogP contribution is 2.43. The Morgan fingerprint density at radius 1 is 0.467 bits per heavy atom. The first-order valence-electron chi connectivity index (χ1n) is 20.3. The van der Waals surface area contributed by atoms with Gasteiger partial charge in [0.05, 0.1) is 32.5 Å². The van der Waals surface area contributed by atoms with Crippen LogP contribution in [0.4, 0.5) is 0 Å². The molecule has 0 spiro atoms. The van der Waals surface area contributed by atoms with Gasteiger partial charge in [0.15, 0.2) is 0 Å². The molecule has 0 N–H and O–H groups in total. The van der Waals surface area contributed by atoms with E-state index < -0.39 is 0 Å². The standard InChI is InChI=1S/C48H30N2S.C7H12.H2S2/c1-2-12-31(13-3-1)33-25-27-47-41(30-33)39-19-11-23-46(48(39)51-47)50-44-22-9-6-18-38(44)40-29-34(24-26-45(40)50)32-14-10-15-35(28-32)49-42-20-7-4-16-36(42)37-17-5-8-21-43(37)49;1-3-5-7-6-4-2;1-2/h1-30H;3-4,6H,1,5,7H2,2H3;1-2H/b;6-4-;. The SMILES string of the molecule is C=CCC/C=C\C.SS.c1ccc(-c2ccc3sc4c(-n5c6ccccc6c6cc(-c7cccc(-n8c9ccccc9c9ccccc98)c7)ccc65)cccc4c3c2)cc1. The van der Waals surface area contributed by atoms with Crippen molar-refractivity contribution in [3.05, 3.63) is 207 Å². The van der Waals surface area contributed by atoms with E-state index in [0.717, 1.165) is 12.8 Å². The lowest BCUT2D eigenvalue weighted by Gasteiger charge is -2.11. The lowest BCUT2D eigenvalue weighted by molar-refractivity contribution is 1.05. The summed E-state index contributed by atoms with van der Waals surface area (Å²) in [6, 6.07) is 66.6. The van der Waals surface area contributed by atoms with Gasteiger partial charge < -0.3 is 9.13 Å². The van der Waals surface area contributed by atoms with Gasteiger partial charge in [-0.1, -0.05) is 140 Å². The number of rotatable bonds is 7. The third-order valence-electron chi connectivity index (χ3n) is 11.3. The molecule has 3 heterocycles. The highest BCUT2D eigenvalue weighted by molar-refractivity contribution is 8.59. The highest BCUT2D eigenvalue weighted by Gasteiger charge is 2.18. The van der Waals surface area contributed by atoms with Gasteiger partial charge in [-0.15, -0.1) is 41.2 Å². The molecule has 0 saturated heterocycles. The quantitative estimate of drug-likeness (QED) is 0.0686. The van der Waals surface area contributed by atoms with E-state index >= 15 is 0 Å². The molecule has 3 aromatic heterocycles. The van der Waals surface area contributed by atoms with Crippen molar-refractivity contribution in [2.24, 2.45) is 0 Å². The molecule has 0 fully saturated rings. The third kappa shape index (κ3) is 7.13. The number of hydrogen-bond donors (Lipinski definition) is 2. The minimum atomic E-state index is 1.10.